The Bertz CT molecular complexity index is 924. The number of carbonyl (C=O) groups excluding carboxylic acids is 2. The summed E-state index contributed by atoms with van der Waals surface area (Å²) in [5.41, 5.74) is 2.28. The Morgan fingerprint density at radius 3 is 2.56 bits per heavy atom. The van der Waals surface area contributed by atoms with Gasteiger partial charge in [0.25, 0.3) is 5.91 Å². The minimum absolute atomic E-state index is 0.0975. The average molecular weight is 380 g/mol. The summed E-state index contributed by atoms with van der Waals surface area (Å²) in [6.45, 7) is 1.77. The van der Waals surface area contributed by atoms with Crippen LogP contribution in [0.1, 0.15) is 34.3 Å². The van der Waals surface area contributed by atoms with Gasteiger partial charge in [-0.25, -0.2) is 0 Å². The fourth-order valence-electron chi connectivity index (χ4n) is 2.46. The normalized spacial score (nSPS) is 10.4. The van der Waals surface area contributed by atoms with Crippen molar-refractivity contribution >= 4 is 34.0 Å². The Balaban J connectivity index is 1.59. The number of aryl methyl sites for hydroxylation is 2. The van der Waals surface area contributed by atoms with Crippen molar-refractivity contribution in [3.63, 3.8) is 0 Å². The monoisotopic (exact) mass is 380 g/mol. The summed E-state index contributed by atoms with van der Waals surface area (Å²) < 4.78 is 0. The van der Waals surface area contributed by atoms with E-state index in [1.165, 1.54) is 16.9 Å². The third-order valence-corrected chi connectivity index (χ3v) is 4.79. The fraction of sp³-hybridized carbons (Fsp3) is 0.200. The number of anilines is 2. The molecule has 0 unspecified atom stereocenters. The van der Waals surface area contributed by atoms with Crippen LogP contribution in [0.25, 0.3) is 0 Å². The van der Waals surface area contributed by atoms with E-state index in [4.69, 9.17) is 0 Å². The zero-order valence-electron chi connectivity index (χ0n) is 14.9. The topological polar surface area (TPSA) is 84.0 Å². The highest BCUT2D eigenvalue weighted by molar-refractivity contribution is 7.15. The SMILES string of the molecule is CCC(=O)Nc1cccc(C(=O)Nc2nnc(CCc3ccccc3)s2)c1. The van der Waals surface area contributed by atoms with Crippen LogP contribution in [-0.2, 0) is 17.6 Å². The number of nitrogens with zero attached hydrogens (tertiary/aromatic N) is 2. The van der Waals surface area contributed by atoms with E-state index >= 15 is 0 Å². The highest BCUT2D eigenvalue weighted by Crippen LogP contribution is 2.19. The van der Waals surface area contributed by atoms with Crippen molar-refractivity contribution in [1.29, 1.82) is 0 Å². The van der Waals surface area contributed by atoms with Crippen LogP contribution in [0.15, 0.2) is 54.6 Å². The average Bonchev–Trinajstić information content (AvgIpc) is 3.14. The Hall–Kier alpha value is -3.06. The summed E-state index contributed by atoms with van der Waals surface area (Å²) >= 11 is 1.37. The Kier molecular flexibility index (Phi) is 6.27. The van der Waals surface area contributed by atoms with E-state index in [1.54, 1.807) is 31.2 Å². The number of carbonyl (C=O) groups is 2. The van der Waals surface area contributed by atoms with E-state index in [-0.39, 0.29) is 11.8 Å². The van der Waals surface area contributed by atoms with Gasteiger partial charge in [-0.1, -0.05) is 54.7 Å². The maximum atomic E-state index is 12.4. The zero-order valence-corrected chi connectivity index (χ0v) is 15.8. The number of nitrogens with one attached hydrogen (secondary N) is 2. The lowest BCUT2D eigenvalue weighted by Crippen LogP contribution is -2.13. The van der Waals surface area contributed by atoms with Crippen molar-refractivity contribution in [3.8, 4) is 0 Å². The molecule has 1 aromatic heterocycles. The molecular formula is C20H20N4O2S. The maximum absolute atomic E-state index is 12.4. The van der Waals surface area contributed by atoms with Crippen LogP contribution in [0, 0.1) is 0 Å². The van der Waals surface area contributed by atoms with Crippen LogP contribution >= 0.6 is 11.3 Å². The summed E-state index contributed by atoms with van der Waals surface area (Å²) in [7, 11) is 0. The minimum atomic E-state index is -0.284. The van der Waals surface area contributed by atoms with Gasteiger partial charge in [-0.3, -0.25) is 14.9 Å². The predicted molar refractivity (Wildman–Crippen MR) is 107 cm³/mol. The molecule has 0 aliphatic carbocycles. The molecule has 6 nitrogen and oxygen atoms in total. The van der Waals surface area contributed by atoms with Gasteiger partial charge in [0, 0.05) is 24.1 Å². The maximum Gasteiger partial charge on any atom is 0.257 e. The van der Waals surface area contributed by atoms with Crippen molar-refractivity contribution < 1.29 is 9.59 Å². The van der Waals surface area contributed by atoms with E-state index in [1.807, 2.05) is 18.2 Å². The highest BCUT2D eigenvalue weighted by Gasteiger charge is 2.11. The van der Waals surface area contributed by atoms with E-state index in [0.29, 0.717) is 22.8 Å². The molecule has 2 amide bonds. The molecule has 2 aromatic carbocycles. The summed E-state index contributed by atoms with van der Waals surface area (Å²) in [5, 5.41) is 15.0. The van der Waals surface area contributed by atoms with Crippen molar-refractivity contribution in [2.24, 2.45) is 0 Å². The first-order valence-corrected chi connectivity index (χ1v) is 9.53. The third kappa shape index (κ3) is 5.46. The van der Waals surface area contributed by atoms with Gasteiger partial charge in [-0.2, -0.15) is 0 Å². The first kappa shape index (κ1) is 18.7. The first-order valence-electron chi connectivity index (χ1n) is 8.71. The minimum Gasteiger partial charge on any atom is -0.326 e. The van der Waals surface area contributed by atoms with Gasteiger partial charge in [0.2, 0.25) is 11.0 Å². The Morgan fingerprint density at radius 1 is 0.963 bits per heavy atom. The quantitative estimate of drug-likeness (QED) is 0.651. The van der Waals surface area contributed by atoms with Gasteiger partial charge in [0.1, 0.15) is 5.01 Å². The molecule has 0 aliphatic rings. The van der Waals surface area contributed by atoms with Crippen molar-refractivity contribution in [2.45, 2.75) is 26.2 Å². The fourth-order valence-corrected chi connectivity index (χ4v) is 3.19. The molecule has 0 spiro atoms. The predicted octanol–water partition coefficient (Wildman–Crippen LogP) is 3.92. The second-order valence-corrected chi connectivity index (χ2v) is 6.99. The first-order chi connectivity index (χ1) is 13.1. The van der Waals surface area contributed by atoms with Crippen LogP contribution < -0.4 is 10.6 Å². The molecule has 2 N–H and O–H groups in total. The van der Waals surface area contributed by atoms with Crippen LogP contribution in [0.4, 0.5) is 10.8 Å². The largest absolute Gasteiger partial charge is 0.326 e. The van der Waals surface area contributed by atoms with E-state index < -0.39 is 0 Å². The Morgan fingerprint density at radius 2 is 1.78 bits per heavy atom. The van der Waals surface area contributed by atoms with Gasteiger partial charge >= 0.3 is 0 Å². The van der Waals surface area contributed by atoms with Gasteiger partial charge < -0.3 is 5.32 Å². The van der Waals surface area contributed by atoms with E-state index in [2.05, 4.69) is 33.0 Å². The number of amides is 2. The number of hydrogen-bond donors (Lipinski definition) is 2. The molecular weight excluding hydrogens is 360 g/mol. The number of benzene rings is 2. The lowest BCUT2D eigenvalue weighted by Gasteiger charge is -2.06. The summed E-state index contributed by atoms with van der Waals surface area (Å²) in [6.07, 6.45) is 2.03. The number of hydrogen-bond acceptors (Lipinski definition) is 5. The smallest absolute Gasteiger partial charge is 0.257 e. The van der Waals surface area contributed by atoms with Crippen molar-refractivity contribution in [2.75, 3.05) is 10.6 Å². The van der Waals surface area contributed by atoms with Crippen molar-refractivity contribution in [3.05, 3.63) is 70.7 Å². The number of rotatable bonds is 7. The molecule has 0 bridgehead atoms. The molecule has 3 rings (SSSR count). The van der Waals surface area contributed by atoms with Crippen molar-refractivity contribution in [1.82, 2.24) is 10.2 Å². The Labute approximate surface area is 161 Å². The molecule has 0 saturated heterocycles. The molecule has 0 atom stereocenters. The second-order valence-electron chi connectivity index (χ2n) is 5.92. The van der Waals surface area contributed by atoms with E-state index in [0.717, 1.165) is 17.8 Å². The lowest BCUT2D eigenvalue weighted by molar-refractivity contribution is -0.115. The van der Waals surface area contributed by atoms with Gasteiger partial charge in [0.15, 0.2) is 0 Å². The standard InChI is InChI=1S/C20H20N4O2S/c1-2-17(25)21-16-10-6-9-15(13-16)19(26)22-20-24-23-18(27-20)12-11-14-7-4-3-5-8-14/h3-10,13H,2,11-12H2,1H3,(H,21,25)(H,22,24,26). The molecule has 138 valence electrons. The van der Waals surface area contributed by atoms with Gasteiger partial charge in [-0.05, 0) is 30.2 Å². The second kappa shape index (κ2) is 9.05. The molecule has 3 aromatic rings. The molecule has 0 saturated carbocycles. The van der Waals surface area contributed by atoms with Crippen LogP contribution in [0.5, 0.6) is 0 Å². The van der Waals surface area contributed by atoms with Gasteiger partial charge in [-0.15, -0.1) is 10.2 Å². The molecule has 0 aliphatic heterocycles. The highest BCUT2D eigenvalue weighted by atomic mass is 32.1. The third-order valence-electron chi connectivity index (χ3n) is 3.89. The van der Waals surface area contributed by atoms with Crippen LogP contribution in [-0.4, -0.2) is 22.0 Å². The van der Waals surface area contributed by atoms with E-state index in [9.17, 15) is 9.59 Å². The van der Waals surface area contributed by atoms with Crippen LogP contribution in [0.2, 0.25) is 0 Å². The summed E-state index contributed by atoms with van der Waals surface area (Å²) in [5.74, 6) is -0.381. The van der Waals surface area contributed by atoms with Crippen LogP contribution in [0.3, 0.4) is 0 Å². The zero-order chi connectivity index (χ0) is 19.1. The molecule has 1 heterocycles. The summed E-state index contributed by atoms with van der Waals surface area (Å²) in [6, 6.07) is 17.0. The lowest BCUT2D eigenvalue weighted by atomic mass is 10.1. The molecule has 27 heavy (non-hydrogen) atoms. The molecule has 0 radical (unpaired) electrons. The molecule has 7 heteroatoms. The number of aromatic nitrogens is 2. The van der Waals surface area contributed by atoms with Gasteiger partial charge in [0.05, 0.1) is 0 Å². The molecule has 0 fully saturated rings. The summed E-state index contributed by atoms with van der Waals surface area (Å²) in [4.78, 5) is 23.9.